The Labute approximate surface area is 110 Å². The van der Waals surface area contributed by atoms with E-state index in [0.29, 0.717) is 12.0 Å². The molecular formula is C14H26N4. The van der Waals surface area contributed by atoms with Gasteiger partial charge in [0.15, 0.2) is 5.82 Å². The number of aromatic nitrogens is 2. The summed E-state index contributed by atoms with van der Waals surface area (Å²) in [6.07, 6.45) is 2.20. The van der Waals surface area contributed by atoms with Crippen LogP contribution in [0.15, 0.2) is 0 Å². The van der Waals surface area contributed by atoms with E-state index in [-0.39, 0.29) is 0 Å². The third-order valence-corrected chi connectivity index (χ3v) is 4.33. The molecule has 1 fully saturated rings. The summed E-state index contributed by atoms with van der Waals surface area (Å²) in [5.74, 6) is 2.53. The molecule has 0 saturated carbocycles. The van der Waals surface area contributed by atoms with Crippen molar-refractivity contribution in [3.05, 3.63) is 5.69 Å². The van der Waals surface area contributed by atoms with Crippen LogP contribution in [0.3, 0.4) is 0 Å². The lowest BCUT2D eigenvalue weighted by Gasteiger charge is -2.42. The Morgan fingerprint density at radius 2 is 2.00 bits per heavy atom. The number of piperidine rings is 1. The van der Waals surface area contributed by atoms with Crippen molar-refractivity contribution in [3.8, 4) is 0 Å². The van der Waals surface area contributed by atoms with E-state index in [1.807, 2.05) is 11.7 Å². The van der Waals surface area contributed by atoms with Crippen LogP contribution in [0, 0.1) is 11.8 Å². The van der Waals surface area contributed by atoms with E-state index in [1.54, 1.807) is 0 Å². The van der Waals surface area contributed by atoms with E-state index in [1.165, 1.54) is 6.42 Å². The van der Waals surface area contributed by atoms with Gasteiger partial charge >= 0.3 is 0 Å². The summed E-state index contributed by atoms with van der Waals surface area (Å²) < 4.78 is 1.95. The highest BCUT2D eigenvalue weighted by Gasteiger charge is 2.32. The molecule has 102 valence electrons. The number of rotatable bonds is 2. The van der Waals surface area contributed by atoms with Crippen LogP contribution in [0.5, 0.6) is 0 Å². The zero-order chi connectivity index (χ0) is 13.4. The van der Waals surface area contributed by atoms with E-state index >= 15 is 0 Å². The van der Waals surface area contributed by atoms with Crippen LogP contribution in [0.4, 0.5) is 11.5 Å². The average molecular weight is 250 g/mol. The predicted octanol–water partition coefficient (Wildman–Crippen LogP) is 2.44. The average Bonchev–Trinajstić information content (AvgIpc) is 2.59. The van der Waals surface area contributed by atoms with Crippen molar-refractivity contribution in [1.29, 1.82) is 0 Å². The Hall–Kier alpha value is -1.19. The summed E-state index contributed by atoms with van der Waals surface area (Å²) in [6, 6.07) is 0.531. The Kier molecular flexibility index (Phi) is 3.55. The molecule has 1 aromatic rings. The van der Waals surface area contributed by atoms with Gasteiger partial charge in [-0.05, 0) is 31.6 Å². The summed E-state index contributed by atoms with van der Waals surface area (Å²) in [4.78, 5) is 2.44. The Morgan fingerprint density at radius 3 is 2.56 bits per heavy atom. The fraction of sp³-hybridized carbons (Fsp3) is 0.786. The van der Waals surface area contributed by atoms with Crippen LogP contribution < -0.4 is 10.6 Å². The maximum absolute atomic E-state index is 6.27. The summed E-state index contributed by atoms with van der Waals surface area (Å²) in [5, 5.41) is 4.54. The van der Waals surface area contributed by atoms with Gasteiger partial charge in [0.05, 0.1) is 11.4 Å². The molecule has 3 unspecified atom stereocenters. The van der Waals surface area contributed by atoms with Crippen LogP contribution in [0.2, 0.25) is 0 Å². The molecule has 0 bridgehead atoms. The smallest absolute Gasteiger partial charge is 0.150 e. The van der Waals surface area contributed by atoms with Crippen molar-refractivity contribution in [2.75, 3.05) is 17.2 Å². The number of hydrogen-bond donors (Lipinski definition) is 1. The first-order chi connectivity index (χ1) is 8.45. The monoisotopic (exact) mass is 250 g/mol. The molecule has 0 aliphatic carbocycles. The van der Waals surface area contributed by atoms with Crippen molar-refractivity contribution in [1.82, 2.24) is 9.78 Å². The van der Waals surface area contributed by atoms with Crippen LogP contribution in [0.25, 0.3) is 0 Å². The van der Waals surface area contributed by atoms with Crippen LogP contribution in [-0.2, 0) is 13.5 Å². The Balaban J connectivity index is 2.38. The van der Waals surface area contributed by atoms with Crippen molar-refractivity contribution >= 4 is 11.5 Å². The molecule has 0 spiro atoms. The van der Waals surface area contributed by atoms with Gasteiger partial charge in [0, 0.05) is 19.6 Å². The number of nitrogen functional groups attached to an aromatic ring is 1. The highest BCUT2D eigenvalue weighted by Crippen LogP contribution is 2.35. The normalized spacial score (nSPS) is 28.7. The molecule has 0 radical (unpaired) electrons. The van der Waals surface area contributed by atoms with Crippen LogP contribution in [-0.4, -0.2) is 22.4 Å². The fourth-order valence-electron chi connectivity index (χ4n) is 3.18. The first-order valence-electron chi connectivity index (χ1n) is 7.03. The number of hydrogen-bond acceptors (Lipinski definition) is 3. The third-order valence-electron chi connectivity index (χ3n) is 4.33. The number of aryl methyl sites for hydroxylation is 2. The minimum absolute atomic E-state index is 0.531. The van der Waals surface area contributed by atoms with Gasteiger partial charge < -0.3 is 10.6 Å². The molecule has 3 atom stereocenters. The molecule has 2 N–H and O–H groups in total. The zero-order valence-electron chi connectivity index (χ0n) is 12.3. The van der Waals surface area contributed by atoms with E-state index in [9.17, 15) is 0 Å². The third kappa shape index (κ3) is 2.08. The lowest BCUT2D eigenvalue weighted by molar-refractivity contribution is 0.293. The number of anilines is 2. The Morgan fingerprint density at radius 1 is 1.33 bits per heavy atom. The molecule has 1 aromatic heterocycles. The molecule has 1 aliphatic rings. The second-order valence-corrected chi connectivity index (χ2v) is 5.87. The predicted molar refractivity (Wildman–Crippen MR) is 76.8 cm³/mol. The number of nitrogens with two attached hydrogens (primary N) is 1. The molecule has 4 nitrogen and oxygen atoms in total. The standard InChI is InChI=1S/C14H26N4/c1-6-12-13(15)14(17(5)16-12)18-8-9(2)7-10(3)11(18)4/h9-11H,6-8,15H2,1-5H3. The molecule has 0 aromatic carbocycles. The topological polar surface area (TPSA) is 47.1 Å². The maximum Gasteiger partial charge on any atom is 0.150 e. The van der Waals surface area contributed by atoms with Gasteiger partial charge in [0.2, 0.25) is 0 Å². The first kappa shape index (κ1) is 13.2. The lowest BCUT2D eigenvalue weighted by atomic mass is 9.86. The summed E-state index contributed by atoms with van der Waals surface area (Å²) in [6.45, 7) is 10.1. The van der Waals surface area contributed by atoms with Gasteiger partial charge in [-0.1, -0.05) is 20.8 Å². The van der Waals surface area contributed by atoms with Gasteiger partial charge in [0.1, 0.15) is 0 Å². The van der Waals surface area contributed by atoms with E-state index in [4.69, 9.17) is 5.73 Å². The van der Waals surface area contributed by atoms with Crippen molar-refractivity contribution in [3.63, 3.8) is 0 Å². The highest BCUT2D eigenvalue weighted by atomic mass is 15.4. The zero-order valence-corrected chi connectivity index (χ0v) is 12.3. The quantitative estimate of drug-likeness (QED) is 0.877. The van der Waals surface area contributed by atoms with Crippen LogP contribution >= 0.6 is 0 Å². The summed E-state index contributed by atoms with van der Waals surface area (Å²) in [7, 11) is 2.00. The fourth-order valence-corrected chi connectivity index (χ4v) is 3.18. The largest absolute Gasteiger partial charge is 0.394 e. The van der Waals surface area contributed by atoms with Gasteiger partial charge in [0.25, 0.3) is 0 Å². The van der Waals surface area contributed by atoms with Gasteiger partial charge in [-0.15, -0.1) is 0 Å². The second kappa shape index (κ2) is 4.82. The molecule has 18 heavy (non-hydrogen) atoms. The molecular weight excluding hydrogens is 224 g/mol. The first-order valence-corrected chi connectivity index (χ1v) is 7.03. The molecule has 2 rings (SSSR count). The van der Waals surface area contributed by atoms with Gasteiger partial charge in [-0.2, -0.15) is 5.10 Å². The lowest BCUT2D eigenvalue weighted by Crippen LogP contribution is -2.46. The van der Waals surface area contributed by atoms with Crippen LogP contribution in [0.1, 0.15) is 39.8 Å². The SMILES string of the molecule is CCc1nn(C)c(N2CC(C)CC(C)C2C)c1N. The molecule has 4 heteroatoms. The van der Waals surface area contributed by atoms with E-state index in [2.05, 4.69) is 37.7 Å². The maximum atomic E-state index is 6.27. The molecule has 1 aliphatic heterocycles. The highest BCUT2D eigenvalue weighted by molar-refractivity contribution is 5.67. The Bertz CT molecular complexity index is 424. The molecule has 1 saturated heterocycles. The van der Waals surface area contributed by atoms with Gasteiger partial charge in [-0.3, -0.25) is 4.68 Å². The van der Waals surface area contributed by atoms with E-state index in [0.717, 1.165) is 36.1 Å². The molecule has 2 heterocycles. The number of nitrogens with zero attached hydrogens (tertiary/aromatic N) is 3. The molecule has 0 amide bonds. The van der Waals surface area contributed by atoms with E-state index < -0.39 is 0 Å². The van der Waals surface area contributed by atoms with Crippen molar-refractivity contribution < 1.29 is 0 Å². The summed E-state index contributed by atoms with van der Waals surface area (Å²) in [5.41, 5.74) is 8.16. The summed E-state index contributed by atoms with van der Waals surface area (Å²) >= 11 is 0. The minimum Gasteiger partial charge on any atom is -0.394 e. The van der Waals surface area contributed by atoms with Gasteiger partial charge in [-0.25, -0.2) is 0 Å². The van der Waals surface area contributed by atoms with Crippen molar-refractivity contribution in [2.45, 2.75) is 46.6 Å². The second-order valence-electron chi connectivity index (χ2n) is 5.87. The van der Waals surface area contributed by atoms with Crippen molar-refractivity contribution in [2.24, 2.45) is 18.9 Å². The minimum atomic E-state index is 0.531.